The molecule has 2 amide bonds. The Labute approximate surface area is 124 Å². The number of methoxy groups -OCH3 is 1. The molecular formula is C15H22N2O4. The number of carbonyl (C=O) groups excluding carboxylic acids is 2. The molecule has 1 aromatic carbocycles. The summed E-state index contributed by atoms with van der Waals surface area (Å²) in [7, 11) is 1.54. The molecule has 1 atom stereocenters. The Hall–Kier alpha value is -2.24. The van der Waals surface area contributed by atoms with E-state index in [1.807, 2.05) is 18.2 Å². The second-order valence-electron chi connectivity index (χ2n) is 5.62. The summed E-state index contributed by atoms with van der Waals surface area (Å²) in [5.74, 6) is 0.00139. The third-order valence-electron chi connectivity index (χ3n) is 2.65. The SMILES string of the molecule is COc1ccccc1CC(NC(=O)OC(C)(C)C)C(N)=O. The zero-order valence-electron chi connectivity index (χ0n) is 12.8. The molecule has 6 heteroatoms. The van der Waals surface area contributed by atoms with Crippen LogP contribution in [0.25, 0.3) is 0 Å². The molecule has 0 bridgehead atoms. The molecule has 0 heterocycles. The molecule has 0 radical (unpaired) electrons. The van der Waals surface area contributed by atoms with Crippen LogP contribution in [0.4, 0.5) is 4.79 Å². The molecule has 0 aliphatic rings. The number of hydrogen-bond acceptors (Lipinski definition) is 4. The molecule has 1 rings (SSSR count). The molecule has 1 aromatic rings. The average molecular weight is 294 g/mol. The minimum absolute atomic E-state index is 0.235. The van der Waals surface area contributed by atoms with Crippen LogP contribution in [0.2, 0.25) is 0 Å². The minimum Gasteiger partial charge on any atom is -0.496 e. The highest BCUT2D eigenvalue weighted by Gasteiger charge is 2.23. The smallest absolute Gasteiger partial charge is 0.408 e. The normalized spacial score (nSPS) is 12.4. The zero-order chi connectivity index (χ0) is 16.0. The third-order valence-corrected chi connectivity index (χ3v) is 2.65. The van der Waals surface area contributed by atoms with Crippen LogP contribution in [0.1, 0.15) is 26.3 Å². The minimum atomic E-state index is -0.865. The van der Waals surface area contributed by atoms with Crippen molar-refractivity contribution >= 4 is 12.0 Å². The predicted octanol–water partition coefficient (Wildman–Crippen LogP) is 1.62. The van der Waals surface area contributed by atoms with Gasteiger partial charge in [-0.2, -0.15) is 0 Å². The Bertz CT molecular complexity index is 509. The summed E-state index contributed by atoms with van der Waals surface area (Å²) in [4.78, 5) is 23.3. The van der Waals surface area contributed by atoms with Crippen molar-refractivity contribution in [1.29, 1.82) is 0 Å². The van der Waals surface area contributed by atoms with Gasteiger partial charge >= 0.3 is 6.09 Å². The van der Waals surface area contributed by atoms with Gasteiger partial charge in [0.1, 0.15) is 17.4 Å². The number of primary amides is 1. The quantitative estimate of drug-likeness (QED) is 0.863. The first-order chi connectivity index (χ1) is 9.73. The summed E-state index contributed by atoms with van der Waals surface area (Å²) in [6, 6.07) is 6.37. The maximum Gasteiger partial charge on any atom is 0.408 e. The largest absolute Gasteiger partial charge is 0.496 e. The van der Waals surface area contributed by atoms with Crippen LogP contribution in [-0.4, -0.2) is 30.8 Å². The number of ether oxygens (including phenoxy) is 2. The first-order valence-electron chi connectivity index (χ1n) is 6.63. The van der Waals surface area contributed by atoms with E-state index in [1.54, 1.807) is 33.9 Å². The molecule has 0 spiro atoms. The maximum atomic E-state index is 11.7. The molecule has 116 valence electrons. The van der Waals surface area contributed by atoms with Gasteiger partial charge in [0.25, 0.3) is 0 Å². The number of rotatable bonds is 5. The number of para-hydroxylation sites is 1. The first kappa shape index (κ1) is 16.8. The van der Waals surface area contributed by atoms with Crippen LogP contribution >= 0.6 is 0 Å². The van der Waals surface area contributed by atoms with E-state index in [1.165, 1.54) is 0 Å². The van der Waals surface area contributed by atoms with E-state index in [0.29, 0.717) is 5.75 Å². The van der Waals surface area contributed by atoms with Crippen molar-refractivity contribution in [3.8, 4) is 5.75 Å². The number of nitrogens with two attached hydrogens (primary N) is 1. The summed E-state index contributed by atoms with van der Waals surface area (Å²) < 4.78 is 10.3. The van der Waals surface area contributed by atoms with E-state index >= 15 is 0 Å². The first-order valence-corrected chi connectivity index (χ1v) is 6.63. The second kappa shape index (κ2) is 6.97. The molecule has 3 N–H and O–H groups in total. The standard InChI is InChI=1S/C15H22N2O4/c1-15(2,3)21-14(19)17-11(13(16)18)9-10-7-5-6-8-12(10)20-4/h5-8,11H,9H2,1-4H3,(H2,16,18)(H,17,19). The van der Waals surface area contributed by atoms with Crippen LogP contribution in [-0.2, 0) is 16.0 Å². The van der Waals surface area contributed by atoms with Crippen molar-refractivity contribution in [1.82, 2.24) is 5.32 Å². The monoisotopic (exact) mass is 294 g/mol. The lowest BCUT2D eigenvalue weighted by atomic mass is 10.0. The number of amides is 2. The van der Waals surface area contributed by atoms with E-state index < -0.39 is 23.6 Å². The van der Waals surface area contributed by atoms with E-state index in [-0.39, 0.29) is 6.42 Å². The van der Waals surface area contributed by atoms with Gasteiger partial charge in [0.05, 0.1) is 7.11 Å². The second-order valence-corrected chi connectivity index (χ2v) is 5.62. The average Bonchev–Trinajstić information content (AvgIpc) is 2.36. The Kier molecular flexibility index (Phi) is 5.58. The lowest BCUT2D eigenvalue weighted by molar-refractivity contribution is -0.120. The number of benzene rings is 1. The van der Waals surface area contributed by atoms with E-state index in [4.69, 9.17) is 15.2 Å². The summed E-state index contributed by atoms with van der Waals surface area (Å²) in [5, 5.41) is 2.48. The lowest BCUT2D eigenvalue weighted by Gasteiger charge is -2.22. The van der Waals surface area contributed by atoms with Crippen molar-refractivity contribution in [3.05, 3.63) is 29.8 Å². The number of alkyl carbamates (subject to hydrolysis) is 1. The number of hydrogen-bond donors (Lipinski definition) is 2. The molecule has 0 saturated carbocycles. The number of carbonyl (C=O) groups is 2. The summed E-state index contributed by atoms with van der Waals surface area (Å²) in [6.07, 6.45) is -0.445. The highest BCUT2D eigenvalue weighted by atomic mass is 16.6. The third kappa shape index (κ3) is 5.72. The van der Waals surface area contributed by atoms with Gasteiger partial charge in [0, 0.05) is 6.42 Å². The fourth-order valence-corrected chi connectivity index (χ4v) is 1.76. The zero-order valence-corrected chi connectivity index (χ0v) is 12.8. The van der Waals surface area contributed by atoms with Gasteiger partial charge < -0.3 is 20.5 Å². The van der Waals surface area contributed by atoms with Crippen LogP contribution in [0.3, 0.4) is 0 Å². The Balaban J connectivity index is 2.79. The Morgan fingerprint density at radius 1 is 1.29 bits per heavy atom. The van der Waals surface area contributed by atoms with Gasteiger partial charge in [0.2, 0.25) is 5.91 Å². The summed E-state index contributed by atoms with van der Waals surface area (Å²) in [6.45, 7) is 5.23. The highest BCUT2D eigenvalue weighted by Crippen LogP contribution is 2.19. The molecule has 0 saturated heterocycles. The topological polar surface area (TPSA) is 90.7 Å². The van der Waals surface area contributed by atoms with Crippen LogP contribution in [0, 0.1) is 0 Å². The van der Waals surface area contributed by atoms with Crippen molar-refractivity contribution in [3.63, 3.8) is 0 Å². The lowest BCUT2D eigenvalue weighted by Crippen LogP contribution is -2.47. The molecule has 0 aliphatic carbocycles. The molecule has 0 fully saturated rings. The van der Waals surface area contributed by atoms with Crippen LogP contribution in [0.15, 0.2) is 24.3 Å². The van der Waals surface area contributed by atoms with Crippen LogP contribution in [0.5, 0.6) is 5.75 Å². The van der Waals surface area contributed by atoms with Gasteiger partial charge in [-0.15, -0.1) is 0 Å². The summed E-state index contributed by atoms with van der Waals surface area (Å²) in [5.41, 5.74) is 5.47. The van der Waals surface area contributed by atoms with Crippen LogP contribution < -0.4 is 15.8 Å². The molecule has 21 heavy (non-hydrogen) atoms. The molecule has 0 aromatic heterocycles. The van der Waals surface area contributed by atoms with Crippen molar-refractivity contribution in [2.24, 2.45) is 5.73 Å². The van der Waals surface area contributed by atoms with Gasteiger partial charge in [0.15, 0.2) is 0 Å². The fourth-order valence-electron chi connectivity index (χ4n) is 1.76. The van der Waals surface area contributed by atoms with Gasteiger partial charge in [-0.25, -0.2) is 4.79 Å². The van der Waals surface area contributed by atoms with Gasteiger partial charge in [-0.1, -0.05) is 18.2 Å². The maximum absolute atomic E-state index is 11.7. The molecule has 6 nitrogen and oxygen atoms in total. The van der Waals surface area contributed by atoms with Crippen molar-refractivity contribution in [2.45, 2.75) is 38.8 Å². The predicted molar refractivity (Wildman–Crippen MR) is 79.1 cm³/mol. The molecule has 1 unspecified atom stereocenters. The highest BCUT2D eigenvalue weighted by molar-refractivity contribution is 5.84. The van der Waals surface area contributed by atoms with Crippen molar-refractivity contribution < 1.29 is 19.1 Å². The van der Waals surface area contributed by atoms with E-state index in [9.17, 15) is 9.59 Å². The molecule has 0 aliphatic heterocycles. The fraction of sp³-hybridized carbons (Fsp3) is 0.467. The Morgan fingerprint density at radius 2 is 1.90 bits per heavy atom. The van der Waals surface area contributed by atoms with Crippen molar-refractivity contribution in [2.75, 3.05) is 7.11 Å². The van der Waals surface area contributed by atoms with Gasteiger partial charge in [-0.05, 0) is 32.4 Å². The Morgan fingerprint density at radius 3 is 2.43 bits per heavy atom. The van der Waals surface area contributed by atoms with E-state index in [2.05, 4.69) is 5.32 Å². The van der Waals surface area contributed by atoms with E-state index in [0.717, 1.165) is 5.56 Å². The number of nitrogens with one attached hydrogen (secondary N) is 1. The van der Waals surface area contributed by atoms with Gasteiger partial charge in [-0.3, -0.25) is 4.79 Å². The summed E-state index contributed by atoms with van der Waals surface area (Å²) >= 11 is 0. The molecular weight excluding hydrogens is 272 g/mol.